The van der Waals surface area contributed by atoms with Crippen LogP contribution in [-0.4, -0.2) is 0 Å². The number of benzene rings is 1. The van der Waals surface area contributed by atoms with Crippen LogP contribution >= 0.6 is 0 Å². The molecule has 0 heterocycles. The summed E-state index contributed by atoms with van der Waals surface area (Å²) in [6.45, 7) is 4.04. The molecule has 0 aliphatic heterocycles. The van der Waals surface area contributed by atoms with Crippen molar-refractivity contribution in [1.82, 2.24) is 0 Å². The lowest BCUT2D eigenvalue weighted by molar-refractivity contribution is 0.513. The van der Waals surface area contributed by atoms with Gasteiger partial charge in [-0.1, -0.05) is 19.9 Å². The van der Waals surface area contributed by atoms with Crippen LogP contribution in [-0.2, 0) is 0 Å². The molecule has 13 heavy (non-hydrogen) atoms. The average Bonchev–Trinajstić information content (AvgIpc) is 2.08. The molecule has 0 bridgehead atoms. The fourth-order valence-electron chi connectivity index (χ4n) is 1.15. The standard InChI is InChI=1S/C10H15FN2/c1-6(2)10(13)7-3-4-8(11)9(12)5-7/h3-6,10H,12-13H2,1-2H3. The summed E-state index contributed by atoms with van der Waals surface area (Å²) in [4.78, 5) is 0. The Kier molecular flexibility index (Phi) is 2.88. The van der Waals surface area contributed by atoms with Crippen LogP contribution in [0.2, 0.25) is 0 Å². The third-order valence-corrected chi connectivity index (χ3v) is 2.12. The van der Waals surface area contributed by atoms with Crippen molar-refractivity contribution in [3.05, 3.63) is 29.6 Å². The van der Waals surface area contributed by atoms with Gasteiger partial charge in [0.1, 0.15) is 5.82 Å². The van der Waals surface area contributed by atoms with Gasteiger partial charge >= 0.3 is 0 Å². The first-order valence-electron chi connectivity index (χ1n) is 4.33. The maximum Gasteiger partial charge on any atom is 0.146 e. The van der Waals surface area contributed by atoms with Crippen molar-refractivity contribution in [3.63, 3.8) is 0 Å². The molecule has 1 unspecified atom stereocenters. The number of nitrogens with two attached hydrogens (primary N) is 2. The minimum absolute atomic E-state index is 0.0806. The molecule has 72 valence electrons. The molecule has 1 atom stereocenters. The molecule has 0 aliphatic carbocycles. The van der Waals surface area contributed by atoms with Crippen molar-refractivity contribution in [3.8, 4) is 0 Å². The fraction of sp³-hybridized carbons (Fsp3) is 0.400. The smallest absolute Gasteiger partial charge is 0.146 e. The van der Waals surface area contributed by atoms with Crippen molar-refractivity contribution in [2.75, 3.05) is 5.73 Å². The SMILES string of the molecule is CC(C)C(N)c1ccc(F)c(N)c1. The first-order chi connectivity index (χ1) is 6.02. The van der Waals surface area contributed by atoms with Crippen molar-refractivity contribution in [2.24, 2.45) is 11.7 Å². The third-order valence-electron chi connectivity index (χ3n) is 2.12. The van der Waals surface area contributed by atoms with E-state index in [2.05, 4.69) is 0 Å². The zero-order valence-corrected chi connectivity index (χ0v) is 7.92. The Bertz CT molecular complexity index is 297. The Morgan fingerprint density at radius 1 is 1.31 bits per heavy atom. The van der Waals surface area contributed by atoms with Crippen molar-refractivity contribution < 1.29 is 4.39 Å². The monoisotopic (exact) mass is 182 g/mol. The highest BCUT2D eigenvalue weighted by Gasteiger charge is 2.11. The molecule has 0 fully saturated rings. The van der Waals surface area contributed by atoms with Gasteiger partial charge in [0.2, 0.25) is 0 Å². The van der Waals surface area contributed by atoms with Crippen LogP contribution in [0, 0.1) is 11.7 Å². The van der Waals surface area contributed by atoms with Crippen molar-refractivity contribution in [1.29, 1.82) is 0 Å². The molecule has 0 spiro atoms. The first-order valence-corrected chi connectivity index (χ1v) is 4.33. The topological polar surface area (TPSA) is 52.0 Å². The second-order valence-electron chi connectivity index (χ2n) is 3.55. The summed E-state index contributed by atoms with van der Waals surface area (Å²) in [5.41, 5.74) is 12.4. The average molecular weight is 182 g/mol. The van der Waals surface area contributed by atoms with Crippen LogP contribution in [0.1, 0.15) is 25.5 Å². The quantitative estimate of drug-likeness (QED) is 0.688. The van der Waals surface area contributed by atoms with Gasteiger partial charge in [-0.3, -0.25) is 0 Å². The normalized spacial score (nSPS) is 13.3. The van der Waals surface area contributed by atoms with Gasteiger partial charge in [0.05, 0.1) is 5.69 Å². The van der Waals surface area contributed by atoms with Gasteiger partial charge in [0.15, 0.2) is 0 Å². The lowest BCUT2D eigenvalue weighted by atomic mass is 9.97. The predicted molar refractivity (Wildman–Crippen MR) is 52.6 cm³/mol. The van der Waals surface area contributed by atoms with E-state index >= 15 is 0 Å². The second kappa shape index (κ2) is 3.75. The van der Waals surface area contributed by atoms with E-state index in [0.717, 1.165) is 5.56 Å². The number of hydrogen-bond donors (Lipinski definition) is 2. The molecule has 3 heteroatoms. The van der Waals surface area contributed by atoms with E-state index < -0.39 is 0 Å². The van der Waals surface area contributed by atoms with Crippen molar-refractivity contribution >= 4 is 5.69 Å². The number of hydrogen-bond acceptors (Lipinski definition) is 2. The lowest BCUT2D eigenvalue weighted by Gasteiger charge is -2.16. The molecule has 0 saturated carbocycles. The highest BCUT2D eigenvalue weighted by molar-refractivity contribution is 5.43. The van der Waals surface area contributed by atoms with Crippen LogP contribution in [0.3, 0.4) is 0 Å². The van der Waals surface area contributed by atoms with E-state index in [1.165, 1.54) is 6.07 Å². The van der Waals surface area contributed by atoms with E-state index in [-0.39, 0.29) is 17.5 Å². The maximum atomic E-state index is 12.8. The zero-order valence-electron chi connectivity index (χ0n) is 7.92. The minimum atomic E-state index is -0.389. The van der Waals surface area contributed by atoms with Crippen LogP contribution in [0.5, 0.6) is 0 Å². The Morgan fingerprint density at radius 2 is 1.92 bits per heavy atom. The summed E-state index contributed by atoms with van der Waals surface area (Å²) in [6, 6.07) is 4.55. The Morgan fingerprint density at radius 3 is 2.38 bits per heavy atom. The van der Waals surface area contributed by atoms with E-state index in [4.69, 9.17) is 11.5 Å². The third kappa shape index (κ3) is 2.18. The number of anilines is 1. The molecule has 0 aliphatic rings. The van der Waals surface area contributed by atoms with Gasteiger partial charge in [-0.2, -0.15) is 0 Å². The largest absolute Gasteiger partial charge is 0.396 e. The van der Waals surface area contributed by atoms with Gasteiger partial charge in [-0.05, 0) is 23.6 Å². The number of halogens is 1. The summed E-state index contributed by atoms with van der Waals surface area (Å²) in [6.07, 6.45) is 0. The van der Waals surface area contributed by atoms with E-state index in [0.29, 0.717) is 5.92 Å². The summed E-state index contributed by atoms with van der Waals surface area (Å²) < 4.78 is 12.8. The van der Waals surface area contributed by atoms with Gasteiger partial charge in [-0.15, -0.1) is 0 Å². The Labute approximate surface area is 77.7 Å². The molecule has 2 nitrogen and oxygen atoms in total. The molecular weight excluding hydrogens is 167 g/mol. The predicted octanol–water partition coefficient (Wildman–Crippen LogP) is 2.06. The first kappa shape index (κ1) is 9.99. The van der Waals surface area contributed by atoms with Gasteiger partial charge in [-0.25, -0.2) is 4.39 Å². The summed E-state index contributed by atoms with van der Waals surface area (Å²) in [5.74, 6) is -0.0652. The molecular formula is C10H15FN2. The maximum absolute atomic E-state index is 12.8. The summed E-state index contributed by atoms with van der Waals surface area (Å²) >= 11 is 0. The Hall–Kier alpha value is -1.09. The highest BCUT2D eigenvalue weighted by Crippen LogP contribution is 2.22. The number of rotatable bonds is 2. The van der Waals surface area contributed by atoms with Gasteiger partial charge in [0, 0.05) is 6.04 Å². The fourth-order valence-corrected chi connectivity index (χ4v) is 1.15. The lowest BCUT2D eigenvalue weighted by Crippen LogP contribution is -2.16. The van der Waals surface area contributed by atoms with Crippen LogP contribution in [0.25, 0.3) is 0 Å². The second-order valence-corrected chi connectivity index (χ2v) is 3.55. The minimum Gasteiger partial charge on any atom is -0.396 e. The molecule has 0 saturated heterocycles. The van der Waals surface area contributed by atoms with E-state index in [1.54, 1.807) is 12.1 Å². The van der Waals surface area contributed by atoms with E-state index in [1.807, 2.05) is 13.8 Å². The summed E-state index contributed by atoms with van der Waals surface area (Å²) in [5, 5.41) is 0. The molecule has 0 aromatic heterocycles. The molecule has 1 aromatic carbocycles. The molecule has 0 amide bonds. The number of nitrogen functional groups attached to an aromatic ring is 1. The Balaban J connectivity index is 2.97. The van der Waals surface area contributed by atoms with Crippen LogP contribution in [0.15, 0.2) is 18.2 Å². The highest BCUT2D eigenvalue weighted by atomic mass is 19.1. The molecule has 0 radical (unpaired) electrons. The zero-order chi connectivity index (χ0) is 10.0. The van der Waals surface area contributed by atoms with E-state index in [9.17, 15) is 4.39 Å². The van der Waals surface area contributed by atoms with Crippen LogP contribution in [0.4, 0.5) is 10.1 Å². The molecule has 1 aromatic rings. The summed E-state index contributed by atoms with van der Waals surface area (Å²) in [7, 11) is 0. The molecule has 4 N–H and O–H groups in total. The van der Waals surface area contributed by atoms with Gasteiger partial charge in [0.25, 0.3) is 0 Å². The molecule has 1 rings (SSSR count). The van der Waals surface area contributed by atoms with Crippen molar-refractivity contribution in [2.45, 2.75) is 19.9 Å². The van der Waals surface area contributed by atoms with Gasteiger partial charge < -0.3 is 11.5 Å². The van der Waals surface area contributed by atoms with Crippen LogP contribution < -0.4 is 11.5 Å².